The maximum Gasteiger partial charge on any atom is 0.191 e. The monoisotopic (exact) mass is 429 g/mol. The van der Waals surface area contributed by atoms with Crippen LogP contribution in [0.1, 0.15) is 50.0 Å². The van der Waals surface area contributed by atoms with Crippen LogP contribution in [0.5, 0.6) is 5.75 Å². The first-order valence-electron chi connectivity index (χ1n) is 8.55. The molecule has 4 nitrogen and oxygen atoms in total. The largest absolute Gasteiger partial charge is 0.493 e. The van der Waals surface area contributed by atoms with Crippen molar-refractivity contribution in [3.05, 3.63) is 29.8 Å². The molecule has 1 aromatic rings. The van der Waals surface area contributed by atoms with Gasteiger partial charge in [-0.15, -0.1) is 24.0 Å². The van der Waals surface area contributed by atoms with Crippen molar-refractivity contribution in [1.29, 1.82) is 0 Å². The average molecular weight is 429 g/mol. The number of aliphatic imine (C=N–C) groups is 1. The zero-order chi connectivity index (χ0) is 15.2. The van der Waals surface area contributed by atoms with Gasteiger partial charge in [-0.1, -0.05) is 37.5 Å². The number of fused-ring (bicyclic) bond motifs is 1. The van der Waals surface area contributed by atoms with Crippen molar-refractivity contribution in [3.8, 4) is 5.75 Å². The second kappa shape index (κ2) is 9.35. The molecule has 0 radical (unpaired) electrons. The van der Waals surface area contributed by atoms with Crippen LogP contribution < -0.4 is 15.4 Å². The minimum atomic E-state index is 0. The van der Waals surface area contributed by atoms with Gasteiger partial charge in [0.15, 0.2) is 5.96 Å². The number of nitrogens with zero attached hydrogens (tertiary/aromatic N) is 1. The predicted molar refractivity (Wildman–Crippen MR) is 106 cm³/mol. The van der Waals surface area contributed by atoms with Gasteiger partial charge >= 0.3 is 0 Å². The van der Waals surface area contributed by atoms with Gasteiger partial charge in [0.1, 0.15) is 5.75 Å². The number of hydrogen-bond acceptors (Lipinski definition) is 2. The van der Waals surface area contributed by atoms with Crippen molar-refractivity contribution >= 4 is 29.9 Å². The van der Waals surface area contributed by atoms with Crippen molar-refractivity contribution in [2.45, 2.75) is 50.5 Å². The van der Waals surface area contributed by atoms with Gasteiger partial charge in [0.2, 0.25) is 0 Å². The third kappa shape index (κ3) is 4.99. The maximum absolute atomic E-state index is 5.73. The van der Waals surface area contributed by atoms with Gasteiger partial charge in [0.25, 0.3) is 0 Å². The van der Waals surface area contributed by atoms with E-state index in [-0.39, 0.29) is 24.0 Å². The number of guanidine groups is 1. The lowest BCUT2D eigenvalue weighted by atomic mass is 9.93. The van der Waals surface area contributed by atoms with Crippen molar-refractivity contribution < 1.29 is 4.74 Å². The molecular formula is C18H28IN3O. The fourth-order valence-corrected chi connectivity index (χ4v) is 3.48. The van der Waals surface area contributed by atoms with E-state index in [0.717, 1.165) is 31.3 Å². The SMILES string of the molecule is CN=C(NCC1CCOc2ccccc21)NC1CCCCC1.I. The van der Waals surface area contributed by atoms with Crippen LogP contribution in [0, 0.1) is 0 Å². The lowest BCUT2D eigenvalue weighted by Gasteiger charge is -2.28. The Kier molecular flexibility index (Phi) is 7.46. The molecule has 3 rings (SSSR count). The number of para-hydroxylation sites is 1. The van der Waals surface area contributed by atoms with Crippen LogP contribution in [0.15, 0.2) is 29.3 Å². The Labute approximate surface area is 156 Å². The molecule has 1 aromatic carbocycles. The molecule has 128 valence electrons. The van der Waals surface area contributed by atoms with Crippen LogP contribution in [0.4, 0.5) is 0 Å². The first kappa shape index (κ1) is 18.4. The molecule has 5 heteroatoms. The zero-order valence-electron chi connectivity index (χ0n) is 13.9. The van der Waals surface area contributed by atoms with Gasteiger partial charge in [0, 0.05) is 25.6 Å². The Hall–Kier alpha value is -0.980. The van der Waals surface area contributed by atoms with E-state index in [0.29, 0.717) is 12.0 Å². The highest BCUT2D eigenvalue weighted by Gasteiger charge is 2.21. The Balaban J connectivity index is 0.00000192. The van der Waals surface area contributed by atoms with Gasteiger partial charge in [-0.25, -0.2) is 0 Å². The summed E-state index contributed by atoms with van der Waals surface area (Å²) in [7, 11) is 1.86. The summed E-state index contributed by atoms with van der Waals surface area (Å²) in [6.45, 7) is 1.71. The number of benzene rings is 1. The second-order valence-electron chi connectivity index (χ2n) is 6.30. The van der Waals surface area contributed by atoms with Crippen LogP contribution in [-0.4, -0.2) is 32.2 Å². The lowest BCUT2D eigenvalue weighted by Crippen LogP contribution is -2.45. The lowest BCUT2D eigenvalue weighted by molar-refractivity contribution is 0.267. The van der Waals surface area contributed by atoms with Gasteiger partial charge in [-0.05, 0) is 30.9 Å². The van der Waals surface area contributed by atoms with Crippen molar-refractivity contribution in [2.24, 2.45) is 4.99 Å². The molecule has 1 atom stereocenters. The fourth-order valence-electron chi connectivity index (χ4n) is 3.48. The van der Waals surface area contributed by atoms with Crippen molar-refractivity contribution in [3.63, 3.8) is 0 Å². The minimum Gasteiger partial charge on any atom is -0.493 e. The molecule has 0 bridgehead atoms. The molecule has 1 saturated carbocycles. The zero-order valence-corrected chi connectivity index (χ0v) is 16.2. The second-order valence-corrected chi connectivity index (χ2v) is 6.30. The highest BCUT2D eigenvalue weighted by atomic mass is 127. The van der Waals surface area contributed by atoms with E-state index in [9.17, 15) is 0 Å². The standard InChI is InChI=1S/C18H27N3O.HI/c1-19-18(21-15-7-3-2-4-8-15)20-13-14-11-12-22-17-10-6-5-9-16(14)17;/h5-6,9-10,14-15H,2-4,7-8,11-13H2,1H3,(H2,19,20,21);1H. The molecule has 0 spiro atoms. The van der Waals surface area contributed by atoms with E-state index in [1.807, 2.05) is 13.1 Å². The third-order valence-corrected chi connectivity index (χ3v) is 4.77. The summed E-state index contributed by atoms with van der Waals surface area (Å²) in [4.78, 5) is 4.39. The summed E-state index contributed by atoms with van der Waals surface area (Å²) < 4.78 is 5.73. The quantitative estimate of drug-likeness (QED) is 0.438. The molecule has 2 aliphatic rings. The summed E-state index contributed by atoms with van der Waals surface area (Å²) in [5.41, 5.74) is 1.31. The number of halogens is 1. The molecule has 0 aromatic heterocycles. The predicted octanol–water partition coefficient (Wildman–Crippen LogP) is 3.67. The average Bonchev–Trinajstić information content (AvgIpc) is 2.59. The normalized spacial score (nSPS) is 21.6. The molecule has 0 saturated heterocycles. The maximum atomic E-state index is 5.73. The molecular weight excluding hydrogens is 401 g/mol. The van der Waals surface area contributed by atoms with E-state index in [2.05, 4.69) is 33.8 Å². The highest BCUT2D eigenvalue weighted by Crippen LogP contribution is 2.32. The molecule has 0 amide bonds. The van der Waals surface area contributed by atoms with Crippen LogP contribution in [0.25, 0.3) is 0 Å². The minimum absolute atomic E-state index is 0. The topological polar surface area (TPSA) is 45.7 Å². The van der Waals surface area contributed by atoms with E-state index in [1.165, 1.54) is 37.7 Å². The van der Waals surface area contributed by atoms with Crippen LogP contribution in [0.2, 0.25) is 0 Å². The molecule has 23 heavy (non-hydrogen) atoms. The number of nitrogens with one attached hydrogen (secondary N) is 2. The smallest absolute Gasteiger partial charge is 0.191 e. The van der Waals surface area contributed by atoms with Gasteiger partial charge in [-0.3, -0.25) is 4.99 Å². The number of hydrogen-bond donors (Lipinski definition) is 2. The summed E-state index contributed by atoms with van der Waals surface area (Å²) in [5, 5.41) is 7.09. The molecule has 1 aliphatic heterocycles. The Morgan fingerprint density at radius 2 is 1.96 bits per heavy atom. The molecule has 1 heterocycles. The van der Waals surface area contributed by atoms with Crippen molar-refractivity contribution in [2.75, 3.05) is 20.2 Å². The molecule has 1 aliphatic carbocycles. The van der Waals surface area contributed by atoms with E-state index in [1.54, 1.807) is 0 Å². The van der Waals surface area contributed by atoms with Crippen molar-refractivity contribution in [1.82, 2.24) is 10.6 Å². The first-order chi connectivity index (χ1) is 10.9. The summed E-state index contributed by atoms with van der Waals surface area (Å²) >= 11 is 0. The van der Waals surface area contributed by atoms with E-state index in [4.69, 9.17) is 4.74 Å². The number of rotatable bonds is 3. The van der Waals surface area contributed by atoms with E-state index < -0.39 is 0 Å². The molecule has 1 unspecified atom stereocenters. The highest BCUT2D eigenvalue weighted by molar-refractivity contribution is 14.0. The van der Waals surface area contributed by atoms with Gasteiger partial charge < -0.3 is 15.4 Å². The third-order valence-electron chi connectivity index (χ3n) is 4.77. The van der Waals surface area contributed by atoms with Crippen LogP contribution >= 0.6 is 24.0 Å². The Morgan fingerprint density at radius 3 is 2.74 bits per heavy atom. The summed E-state index contributed by atoms with van der Waals surface area (Å²) in [6.07, 6.45) is 7.64. The summed E-state index contributed by atoms with van der Waals surface area (Å²) in [6, 6.07) is 8.96. The first-order valence-corrected chi connectivity index (χ1v) is 8.55. The molecule has 2 N–H and O–H groups in total. The van der Waals surface area contributed by atoms with Crippen LogP contribution in [-0.2, 0) is 0 Å². The molecule has 1 fully saturated rings. The van der Waals surface area contributed by atoms with Crippen LogP contribution in [0.3, 0.4) is 0 Å². The Bertz CT molecular complexity index is 515. The van der Waals surface area contributed by atoms with Gasteiger partial charge in [0.05, 0.1) is 6.61 Å². The fraction of sp³-hybridized carbons (Fsp3) is 0.611. The Morgan fingerprint density at radius 1 is 1.17 bits per heavy atom. The van der Waals surface area contributed by atoms with Gasteiger partial charge in [-0.2, -0.15) is 0 Å². The summed E-state index contributed by atoms with van der Waals surface area (Å²) in [5.74, 6) is 2.47. The van der Waals surface area contributed by atoms with E-state index >= 15 is 0 Å². The number of ether oxygens (including phenoxy) is 1.